The first-order chi connectivity index (χ1) is 17.8. The van der Waals surface area contributed by atoms with Gasteiger partial charge in [0.15, 0.2) is 5.65 Å². The van der Waals surface area contributed by atoms with E-state index in [2.05, 4.69) is 42.1 Å². The molecule has 0 saturated heterocycles. The van der Waals surface area contributed by atoms with Crippen molar-refractivity contribution in [2.75, 3.05) is 13.6 Å². The van der Waals surface area contributed by atoms with Crippen LogP contribution in [0.3, 0.4) is 0 Å². The average Bonchev–Trinajstić information content (AvgIpc) is 3.29. The molecule has 6 rings (SSSR count). The van der Waals surface area contributed by atoms with Crippen molar-refractivity contribution in [3.05, 3.63) is 101 Å². The summed E-state index contributed by atoms with van der Waals surface area (Å²) in [6, 6.07) is 21.7. The van der Waals surface area contributed by atoms with Gasteiger partial charge in [-0.15, -0.1) is 0 Å². The van der Waals surface area contributed by atoms with E-state index in [4.69, 9.17) is 4.98 Å². The molecule has 1 aliphatic rings. The second kappa shape index (κ2) is 8.94. The van der Waals surface area contributed by atoms with Gasteiger partial charge in [-0.05, 0) is 79.9 Å². The molecule has 0 aliphatic carbocycles. The van der Waals surface area contributed by atoms with Crippen molar-refractivity contribution >= 4 is 21.2 Å². The van der Waals surface area contributed by atoms with E-state index in [0.717, 1.165) is 41.9 Å². The van der Waals surface area contributed by atoms with Crippen LogP contribution in [0.2, 0.25) is 0 Å². The van der Waals surface area contributed by atoms with Crippen molar-refractivity contribution in [1.29, 1.82) is 0 Å². The minimum atomic E-state index is -3.87. The Kier molecular flexibility index (Phi) is 5.70. The lowest BCUT2D eigenvalue weighted by atomic mass is 9.92. The van der Waals surface area contributed by atoms with Gasteiger partial charge < -0.3 is 4.90 Å². The Hall–Kier alpha value is -3.81. The molecular weight excluding hydrogens is 480 g/mol. The van der Waals surface area contributed by atoms with Crippen molar-refractivity contribution in [1.82, 2.24) is 18.8 Å². The van der Waals surface area contributed by atoms with Crippen LogP contribution in [-0.4, -0.2) is 40.9 Å². The number of benzene rings is 3. The number of fused-ring (bicyclic) bond motifs is 2. The van der Waals surface area contributed by atoms with Crippen LogP contribution >= 0.6 is 0 Å². The molecular formula is C30H27N4O2S. The van der Waals surface area contributed by atoms with E-state index in [0.29, 0.717) is 16.7 Å². The number of likely N-dealkylation sites (N-methyl/N-ethyl adjacent to an activating group) is 1. The summed E-state index contributed by atoms with van der Waals surface area (Å²) >= 11 is 0. The van der Waals surface area contributed by atoms with Crippen molar-refractivity contribution in [3.63, 3.8) is 0 Å². The Morgan fingerprint density at radius 2 is 1.73 bits per heavy atom. The largest absolute Gasteiger partial charge is 0.302 e. The van der Waals surface area contributed by atoms with Crippen molar-refractivity contribution in [2.24, 2.45) is 0 Å². The summed E-state index contributed by atoms with van der Waals surface area (Å²) in [4.78, 5) is 12.2. The van der Waals surface area contributed by atoms with Gasteiger partial charge in [0.2, 0.25) is 0 Å². The minimum Gasteiger partial charge on any atom is -0.302 e. The number of aromatic nitrogens is 3. The van der Waals surface area contributed by atoms with Gasteiger partial charge in [-0.1, -0.05) is 42.0 Å². The highest BCUT2D eigenvalue weighted by Gasteiger charge is 2.24. The number of hydrogen-bond donors (Lipinski definition) is 0. The van der Waals surface area contributed by atoms with E-state index >= 15 is 0 Å². The first-order valence-electron chi connectivity index (χ1n) is 12.3. The Balaban J connectivity index is 1.55. The van der Waals surface area contributed by atoms with Crippen molar-refractivity contribution < 1.29 is 8.42 Å². The minimum absolute atomic E-state index is 0.211. The van der Waals surface area contributed by atoms with Gasteiger partial charge in [0.1, 0.15) is 5.52 Å². The number of rotatable bonds is 4. The monoisotopic (exact) mass is 507 g/mol. The maximum Gasteiger partial charge on any atom is 0.269 e. The third-order valence-electron chi connectivity index (χ3n) is 7.12. The van der Waals surface area contributed by atoms with E-state index < -0.39 is 10.0 Å². The zero-order valence-electron chi connectivity index (χ0n) is 21.1. The zero-order valence-corrected chi connectivity index (χ0v) is 21.9. The number of aryl methyl sites for hydroxylation is 2. The predicted octanol–water partition coefficient (Wildman–Crippen LogP) is 5.41. The summed E-state index contributed by atoms with van der Waals surface area (Å²) in [5.74, 6) is 0. The van der Waals surface area contributed by atoms with Gasteiger partial charge in [-0.25, -0.2) is 22.4 Å². The highest BCUT2D eigenvalue weighted by Crippen LogP contribution is 2.34. The Labute approximate surface area is 217 Å². The molecule has 0 fully saturated rings. The Morgan fingerprint density at radius 3 is 2.49 bits per heavy atom. The fraction of sp³-hybridized carbons (Fsp3) is 0.200. The Morgan fingerprint density at radius 1 is 0.973 bits per heavy atom. The van der Waals surface area contributed by atoms with E-state index in [1.54, 1.807) is 36.7 Å². The van der Waals surface area contributed by atoms with E-state index in [-0.39, 0.29) is 4.90 Å². The quantitative estimate of drug-likeness (QED) is 0.326. The van der Waals surface area contributed by atoms with Crippen LogP contribution in [0.15, 0.2) is 78.0 Å². The molecule has 5 aromatic rings. The van der Waals surface area contributed by atoms with E-state index in [1.807, 2.05) is 31.2 Å². The molecule has 0 unspecified atom stereocenters. The molecule has 0 atom stereocenters. The fourth-order valence-electron chi connectivity index (χ4n) is 5.10. The topological polar surface area (TPSA) is 68.1 Å². The second-order valence-electron chi connectivity index (χ2n) is 9.79. The van der Waals surface area contributed by atoms with E-state index in [9.17, 15) is 8.42 Å². The van der Waals surface area contributed by atoms with Crippen LogP contribution in [0.5, 0.6) is 0 Å². The summed E-state index contributed by atoms with van der Waals surface area (Å²) in [5, 5.41) is 0. The second-order valence-corrected chi connectivity index (χ2v) is 11.6. The van der Waals surface area contributed by atoms with Crippen LogP contribution in [0.4, 0.5) is 0 Å². The lowest BCUT2D eigenvalue weighted by Crippen LogP contribution is -2.27. The average molecular weight is 508 g/mol. The molecule has 1 radical (unpaired) electrons. The molecule has 0 spiro atoms. The van der Waals surface area contributed by atoms with Gasteiger partial charge in [0, 0.05) is 30.4 Å². The molecule has 0 saturated carbocycles. The maximum atomic E-state index is 13.7. The molecule has 6 nitrogen and oxygen atoms in total. The summed E-state index contributed by atoms with van der Waals surface area (Å²) in [6.07, 6.45) is 4.35. The van der Waals surface area contributed by atoms with E-state index in [1.165, 1.54) is 20.7 Å². The predicted molar refractivity (Wildman–Crippen MR) is 146 cm³/mol. The molecule has 185 valence electrons. The highest BCUT2D eigenvalue weighted by molar-refractivity contribution is 7.90. The SMILES string of the molecule is Cc1ccc(S(=O)(=O)n2cc(-c3cc[c]cc3)c3nc(-c4cc(C)c5c(c4)CN(C)CC5)cnc32)cc1. The highest BCUT2D eigenvalue weighted by atomic mass is 32.2. The third-order valence-corrected chi connectivity index (χ3v) is 8.78. The molecule has 0 N–H and O–H groups in total. The molecule has 3 heterocycles. The standard InChI is InChI=1S/C30H27N4O2S/c1-20-9-11-25(12-10-20)37(35,36)34-19-27(22-7-5-4-6-8-22)29-30(34)31-17-28(32-29)23-15-21(2)26-13-14-33(3)18-24(26)16-23/h5-12,15-17,19H,13-14,18H2,1-3H3. The maximum absolute atomic E-state index is 13.7. The van der Waals surface area contributed by atoms with Crippen molar-refractivity contribution in [2.45, 2.75) is 31.7 Å². The lowest BCUT2D eigenvalue weighted by Gasteiger charge is -2.27. The fourth-order valence-corrected chi connectivity index (χ4v) is 6.41. The van der Waals surface area contributed by atoms with Gasteiger partial charge in [-0.2, -0.15) is 0 Å². The van der Waals surface area contributed by atoms with Crippen molar-refractivity contribution in [3.8, 4) is 22.4 Å². The van der Waals surface area contributed by atoms with Crippen LogP contribution in [0.1, 0.15) is 22.3 Å². The zero-order chi connectivity index (χ0) is 25.7. The molecule has 37 heavy (non-hydrogen) atoms. The molecule has 3 aromatic carbocycles. The normalized spacial score (nSPS) is 14.1. The first kappa shape index (κ1) is 23.6. The Bertz CT molecular complexity index is 1740. The molecule has 2 aromatic heterocycles. The molecule has 0 bridgehead atoms. The molecule has 0 amide bonds. The summed E-state index contributed by atoms with van der Waals surface area (Å²) in [6.45, 7) is 6.03. The van der Waals surface area contributed by atoms with Crippen LogP contribution in [0.25, 0.3) is 33.5 Å². The lowest BCUT2D eigenvalue weighted by molar-refractivity contribution is 0.312. The first-order valence-corrected chi connectivity index (χ1v) is 13.7. The van der Waals surface area contributed by atoms with Crippen LogP contribution in [-0.2, 0) is 23.0 Å². The number of hydrogen-bond acceptors (Lipinski definition) is 5. The summed E-state index contributed by atoms with van der Waals surface area (Å²) < 4.78 is 28.6. The van der Waals surface area contributed by atoms with Gasteiger partial charge in [0.05, 0.1) is 16.8 Å². The number of nitrogens with zero attached hydrogens (tertiary/aromatic N) is 4. The van der Waals surface area contributed by atoms with Crippen LogP contribution in [0, 0.1) is 19.9 Å². The molecule has 1 aliphatic heterocycles. The van der Waals surface area contributed by atoms with Gasteiger partial charge in [-0.3, -0.25) is 0 Å². The van der Waals surface area contributed by atoms with Gasteiger partial charge in [0.25, 0.3) is 10.0 Å². The summed E-state index contributed by atoms with van der Waals surface area (Å²) in [7, 11) is -1.73. The smallest absolute Gasteiger partial charge is 0.269 e. The van der Waals surface area contributed by atoms with Gasteiger partial charge >= 0.3 is 0 Å². The summed E-state index contributed by atoms with van der Waals surface area (Å²) in [5.41, 5.74) is 9.10. The van der Waals surface area contributed by atoms with Crippen LogP contribution < -0.4 is 0 Å². The third kappa shape index (κ3) is 4.14. The molecule has 7 heteroatoms.